The molecule has 0 heterocycles. The largest absolute Gasteiger partial charge is 0.417 e. The lowest BCUT2D eigenvalue weighted by atomic mass is 10.1. The van der Waals surface area contributed by atoms with E-state index in [-0.39, 0.29) is 5.56 Å². The summed E-state index contributed by atoms with van der Waals surface area (Å²) in [6.45, 7) is 0. The molecule has 0 fully saturated rings. The topological polar surface area (TPSA) is 49.9 Å². The standard InChI is InChI=1S/C14H10ClF3N2S/c15-11-3-1-2-4-12(11)21-8-5-6-9(13(19)20)10(7-8)14(16,17)18/h1-7H,(H3,19,20). The maximum absolute atomic E-state index is 13.0. The molecule has 110 valence electrons. The number of hydrogen-bond donors (Lipinski definition) is 2. The molecule has 0 bridgehead atoms. The number of benzene rings is 2. The highest BCUT2D eigenvalue weighted by molar-refractivity contribution is 7.99. The number of alkyl halides is 3. The van der Waals surface area contributed by atoms with E-state index in [0.717, 1.165) is 17.8 Å². The van der Waals surface area contributed by atoms with E-state index in [2.05, 4.69) is 0 Å². The number of nitrogens with two attached hydrogens (primary N) is 1. The van der Waals surface area contributed by atoms with Gasteiger partial charge in [0.15, 0.2) is 0 Å². The van der Waals surface area contributed by atoms with Crippen LogP contribution < -0.4 is 5.73 Å². The second-order valence-electron chi connectivity index (χ2n) is 4.15. The van der Waals surface area contributed by atoms with Crippen LogP contribution in [0.15, 0.2) is 52.3 Å². The minimum absolute atomic E-state index is 0.328. The van der Waals surface area contributed by atoms with Gasteiger partial charge in [0, 0.05) is 15.4 Å². The minimum atomic E-state index is -4.57. The molecular formula is C14H10ClF3N2S. The van der Waals surface area contributed by atoms with Gasteiger partial charge in [0.1, 0.15) is 5.84 Å². The quantitative estimate of drug-likeness (QED) is 0.627. The molecule has 0 unspecified atom stereocenters. The highest BCUT2D eigenvalue weighted by atomic mass is 35.5. The maximum atomic E-state index is 13.0. The molecule has 0 saturated carbocycles. The molecule has 2 rings (SSSR count). The van der Waals surface area contributed by atoms with Gasteiger partial charge in [-0.2, -0.15) is 13.2 Å². The Kier molecular flexibility index (Phi) is 4.49. The summed E-state index contributed by atoms with van der Waals surface area (Å²) in [6, 6.07) is 10.5. The molecule has 2 nitrogen and oxygen atoms in total. The van der Waals surface area contributed by atoms with Crippen LogP contribution in [0, 0.1) is 5.41 Å². The van der Waals surface area contributed by atoms with Crippen molar-refractivity contribution in [1.82, 2.24) is 0 Å². The molecule has 3 N–H and O–H groups in total. The lowest BCUT2D eigenvalue weighted by Crippen LogP contribution is -2.18. The first kappa shape index (κ1) is 15.7. The van der Waals surface area contributed by atoms with Crippen LogP contribution in [0.25, 0.3) is 0 Å². The first-order valence-electron chi connectivity index (χ1n) is 5.77. The number of rotatable bonds is 3. The third-order valence-corrected chi connectivity index (χ3v) is 4.16. The Labute approximate surface area is 128 Å². The van der Waals surface area contributed by atoms with E-state index in [9.17, 15) is 13.2 Å². The number of nitrogens with one attached hydrogen (secondary N) is 1. The molecule has 0 aliphatic heterocycles. The number of hydrogen-bond acceptors (Lipinski definition) is 2. The van der Waals surface area contributed by atoms with Gasteiger partial charge in [0.05, 0.1) is 10.6 Å². The predicted molar refractivity (Wildman–Crippen MR) is 78.0 cm³/mol. The first-order chi connectivity index (χ1) is 9.79. The van der Waals surface area contributed by atoms with Gasteiger partial charge < -0.3 is 5.73 Å². The van der Waals surface area contributed by atoms with Crippen LogP contribution in [0.4, 0.5) is 13.2 Å². The van der Waals surface area contributed by atoms with Gasteiger partial charge in [0.25, 0.3) is 0 Å². The van der Waals surface area contributed by atoms with Crippen molar-refractivity contribution in [3.05, 3.63) is 58.6 Å². The zero-order valence-corrected chi connectivity index (χ0v) is 12.1. The highest BCUT2D eigenvalue weighted by Crippen LogP contribution is 2.38. The van der Waals surface area contributed by atoms with Crippen molar-refractivity contribution in [3.8, 4) is 0 Å². The summed E-state index contributed by atoms with van der Waals surface area (Å²) in [6.07, 6.45) is -4.57. The Bertz CT molecular complexity index is 686. The Morgan fingerprint density at radius 2 is 1.81 bits per heavy atom. The van der Waals surface area contributed by atoms with E-state index in [4.69, 9.17) is 22.7 Å². The van der Waals surface area contributed by atoms with E-state index in [0.29, 0.717) is 14.8 Å². The average Bonchev–Trinajstić information content (AvgIpc) is 2.40. The second kappa shape index (κ2) is 5.99. The number of amidine groups is 1. The molecule has 0 spiro atoms. The minimum Gasteiger partial charge on any atom is -0.384 e. The fourth-order valence-corrected chi connectivity index (χ4v) is 2.84. The zero-order chi connectivity index (χ0) is 15.6. The number of halogens is 4. The van der Waals surface area contributed by atoms with Crippen LogP contribution in [0.1, 0.15) is 11.1 Å². The van der Waals surface area contributed by atoms with Crippen molar-refractivity contribution in [2.75, 3.05) is 0 Å². The molecule has 0 aliphatic rings. The predicted octanol–water partition coefficient (Wildman–Crippen LogP) is 4.79. The Morgan fingerprint density at radius 3 is 2.38 bits per heavy atom. The smallest absolute Gasteiger partial charge is 0.384 e. The van der Waals surface area contributed by atoms with Crippen LogP contribution >= 0.6 is 23.4 Å². The normalized spacial score (nSPS) is 11.4. The van der Waals surface area contributed by atoms with Gasteiger partial charge in [-0.3, -0.25) is 5.41 Å². The van der Waals surface area contributed by atoms with E-state index in [1.54, 1.807) is 24.3 Å². The van der Waals surface area contributed by atoms with Crippen molar-refractivity contribution < 1.29 is 13.2 Å². The van der Waals surface area contributed by atoms with Gasteiger partial charge in [-0.1, -0.05) is 35.5 Å². The summed E-state index contributed by atoms with van der Waals surface area (Å²) in [5.74, 6) is -0.614. The molecule has 0 atom stereocenters. The molecule has 7 heteroatoms. The van der Waals surface area contributed by atoms with Crippen LogP contribution in [-0.4, -0.2) is 5.84 Å². The summed E-state index contributed by atoms with van der Waals surface area (Å²) in [5, 5.41) is 7.70. The van der Waals surface area contributed by atoms with Gasteiger partial charge in [-0.15, -0.1) is 0 Å². The Hall–Kier alpha value is -1.66. The van der Waals surface area contributed by atoms with E-state index in [1.807, 2.05) is 0 Å². The molecule has 0 aliphatic carbocycles. The van der Waals surface area contributed by atoms with Crippen LogP contribution in [0.5, 0.6) is 0 Å². The molecule has 2 aromatic rings. The van der Waals surface area contributed by atoms with E-state index in [1.165, 1.54) is 12.1 Å². The Morgan fingerprint density at radius 1 is 1.14 bits per heavy atom. The van der Waals surface area contributed by atoms with Gasteiger partial charge in [-0.05, 0) is 30.3 Å². The van der Waals surface area contributed by atoms with E-state index >= 15 is 0 Å². The van der Waals surface area contributed by atoms with Crippen LogP contribution in [-0.2, 0) is 6.18 Å². The second-order valence-corrected chi connectivity index (χ2v) is 5.67. The highest BCUT2D eigenvalue weighted by Gasteiger charge is 2.34. The molecule has 2 aromatic carbocycles. The third kappa shape index (κ3) is 3.71. The lowest BCUT2D eigenvalue weighted by molar-refractivity contribution is -0.137. The summed E-state index contributed by atoms with van der Waals surface area (Å²) in [5.41, 5.74) is 3.94. The zero-order valence-electron chi connectivity index (χ0n) is 10.5. The summed E-state index contributed by atoms with van der Waals surface area (Å²) in [4.78, 5) is 1.03. The van der Waals surface area contributed by atoms with Gasteiger partial charge in [0.2, 0.25) is 0 Å². The Balaban J connectivity index is 2.43. The lowest BCUT2D eigenvalue weighted by Gasteiger charge is -2.13. The molecule has 21 heavy (non-hydrogen) atoms. The summed E-state index contributed by atoms with van der Waals surface area (Å²) < 4.78 is 39.1. The average molecular weight is 331 g/mol. The monoisotopic (exact) mass is 330 g/mol. The fraction of sp³-hybridized carbons (Fsp3) is 0.0714. The SMILES string of the molecule is N=C(N)c1ccc(Sc2ccccc2Cl)cc1C(F)(F)F. The first-order valence-corrected chi connectivity index (χ1v) is 6.96. The van der Waals surface area contributed by atoms with Gasteiger partial charge >= 0.3 is 6.18 Å². The van der Waals surface area contributed by atoms with Crippen molar-refractivity contribution in [1.29, 1.82) is 5.41 Å². The third-order valence-electron chi connectivity index (χ3n) is 2.65. The maximum Gasteiger partial charge on any atom is 0.417 e. The number of nitrogen functional groups attached to an aromatic ring is 1. The summed E-state index contributed by atoms with van der Waals surface area (Å²) >= 11 is 7.11. The molecule has 0 saturated heterocycles. The van der Waals surface area contributed by atoms with Crippen molar-refractivity contribution in [2.24, 2.45) is 5.73 Å². The van der Waals surface area contributed by atoms with Gasteiger partial charge in [-0.25, -0.2) is 0 Å². The van der Waals surface area contributed by atoms with Crippen molar-refractivity contribution in [2.45, 2.75) is 16.0 Å². The van der Waals surface area contributed by atoms with Crippen molar-refractivity contribution >= 4 is 29.2 Å². The van der Waals surface area contributed by atoms with Crippen LogP contribution in [0.3, 0.4) is 0 Å². The molecular weight excluding hydrogens is 321 g/mol. The van der Waals surface area contributed by atoms with Crippen molar-refractivity contribution in [3.63, 3.8) is 0 Å². The molecule has 0 radical (unpaired) electrons. The fourth-order valence-electron chi connectivity index (χ4n) is 1.71. The van der Waals surface area contributed by atoms with Crippen LogP contribution in [0.2, 0.25) is 5.02 Å². The van der Waals surface area contributed by atoms with E-state index < -0.39 is 17.6 Å². The molecule has 0 amide bonds. The summed E-state index contributed by atoms with van der Waals surface area (Å²) in [7, 11) is 0. The molecule has 0 aromatic heterocycles.